The normalized spacial score (nSPS) is 10.7. The summed E-state index contributed by atoms with van der Waals surface area (Å²) in [6, 6.07) is 5.44. The van der Waals surface area contributed by atoms with Gasteiger partial charge in [-0.1, -0.05) is 37.4 Å². The van der Waals surface area contributed by atoms with Crippen molar-refractivity contribution in [1.29, 1.82) is 0 Å². The van der Waals surface area contributed by atoms with E-state index in [1.807, 2.05) is 17.5 Å². The second-order valence-electron chi connectivity index (χ2n) is 4.30. The maximum Gasteiger partial charge on any atom is 0.224 e. The fourth-order valence-electron chi connectivity index (χ4n) is 1.80. The molecule has 2 aromatic heterocycles. The van der Waals surface area contributed by atoms with Crippen LogP contribution in [-0.2, 0) is 6.42 Å². The van der Waals surface area contributed by atoms with E-state index in [1.54, 1.807) is 6.07 Å². The number of unbranched alkanes of at least 4 members (excludes halogenated alkanes) is 3. The van der Waals surface area contributed by atoms with Gasteiger partial charge in [-0.15, -0.1) is 11.3 Å². The van der Waals surface area contributed by atoms with Crippen LogP contribution in [0.15, 0.2) is 28.1 Å². The molecule has 0 aromatic carbocycles. The maximum absolute atomic E-state index is 12.0. The minimum absolute atomic E-state index is 0.0476. The van der Waals surface area contributed by atoms with Gasteiger partial charge in [0.2, 0.25) is 5.78 Å². The van der Waals surface area contributed by atoms with Crippen LogP contribution in [0, 0.1) is 0 Å². The third-order valence-electron chi connectivity index (χ3n) is 2.81. The minimum Gasteiger partial charge on any atom is -0.361 e. The van der Waals surface area contributed by atoms with Crippen molar-refractivity contribution < 1.29 is 9.32 Å². The Morgan fingerprint density at radius 2 is 2.28 bits per heavy atom. The number of hydrogen-bond acceptors (Lipinski definition) is 4. The molecule has 3 nitrogen and oxygen atoms in total. The molecule has 0 N–H and O–H groups in total. The second kappa shape index (κ2) is 6.50. The predicted molar refractivity (Wildman–Crippen MR) is 72.1 cm³/mol. The fourth-order valence-corrected chi connectivity index (χ4v) is 2.47. The molecule has 0 radical (unpaired) electrons. The third-order valence-corrected chi connectivity index (χ3v) is 3.68. The number of thiophene rings is 1. The van der Waals surface area contributed by atoms with Crippen molar-refractivity contribution in [1.82, 2.24) is 5.16 Å². The lowest BCUT2D eigenvalue weighted by molar-refractivity contribution is 0.103. The molecule has 0 bridgehead atoms. The standard InChI is InChI=1S/C14H17NO2S/c1-2-3-4-5-7-11-10-12(15-17-11)14(16)13-8-6-9-18-13/h6,8-10H,2-5,7H2,1H3. The molecular weight excluding hydrogens is 246 g/mol. The molecule has 0 saturated heterocycles. The van der Waals surface area contributed by atoms with Gasteiger partial charge in [-0.05, 0) is 17.9 Å². The highest BCUT2D eigenvalue weighted by Gasteiger charge is 2.15. The number of ketones is 1. The lowest BCUT2D eigenvalue weighted by atomic mass is 10.1. The zero-order valence-electron chi connectivity index (χ0n) is 10.5. The molecule has 0 fully saturated rings. The van der Waals surface area contributed by atoms with Crippen molar-refractivity contribution in [2.45, 2.75) is 39.0 Å². The summed E-state index contributed by atoms with van der Waals surface area (Å²) < 4.78 is 5.20. The first-order valence-electron chi connectivity index (χ1n) is 6.35. The molecule has 0 spiro atoms. The highest BCUT2D eigenvalue weighted by molar-refractivity contribution is 7.12. The Hall–Kier alpha value is -1.42. The molecular formula is C14H17NO2S. The van der Waals surface area contributed by atoms with Crippen LogP contribution in [-0.4, -0.2) is 10.9 Å². The van der Waals surface area contributed by atoms with Crippen LogP contribution in [0.2, 0.25) is 0 Å². The first-order valence-corrected chi connectivity index (χ1v) is 7.23. The minimum atomic E-state index is -0.0476. The van der Waals surface area contributed by atoms with Crippen molar-refractivity contribution in [3.05, 3.63) is 39.9 Å². The van der Waals surface area contributed by atoms with E-state index in [4.69, 9.17) is 4.52 Å². The van der Waals surface area contributed by atoms with Gasteiger partial charge < -0.3 is 4.52 Å². The zero-order chi connectivity index (χ0) is 12.8. The highest BCUT2D eigenvalue weighted by Crippen LogP contribution is 2.16. The van der Waals surface area contributed by atoms with Crippen molar-refractivity contribution in [3.63, 3.8) is 0 Å². The Kier molecular flexibility index (Phi) is 4.70. The zero-order valence-corrected chi connectivity index (χ0v) is 11.3. The Morgan fingerprint density at radius 3 is 3.00 bits per heavy atom. The van der Waals surface area contributed by atoms with E-state index >= 15 is 0 Å². The largest absolute Gasteiger partial charge is 0.361 e. The molecule has 0 amide bonds. The molecule has 96 valence electrons. The van der Waals surface area contributed by atoms with E-state index in [2.05, 4.69) is 12.1 Å². The first-order chi connectivity index (χ1) is 8.81. The van der Waals surface area contributed by atoms with Gasteiger partial charge in [0.05, 0.1) is 4.88 Å². The smallest absolute Gasteiger partial charge is 0.224 e. The van der Waals surface area contributed by atoms with Crippen molar-refractivity contribution >= 4 is 17.1 Å². The van der Waals surface area contributed by atoms with Crippen LogP contribution in [0.5, 0.6) is 0 Å². The topological polar surface area (TPSA) is 43.1 Å². The predicted octanol–water partition coefficient (Wildman–Crippen LogP) is 4.09. The number of carbonyl (C=O) groups is 1. The summed E-state index contributed by atoms with van der Waals surface area (Å²) in [6.07, 6.45) is 5.62. The summed E-state index contributed by atoms with van der Waals surface area (Å²) in [5.41, 5.74) is 0.419. The lowest BCUT2D eigenvalue weighted by Gasteiger charge is -1.94. The summed E-state index contributed by atoms with van der Waals surface area (Å²) in [6.45, 7) is 2.19. The number of nitrogens with zero attached hydrogens (tertiary/aromatic N) is 1. The van der Waals surface area contributed by atoms with Gasteiger partial charge in [0.15, 0.2) is 5.69 Å². The van der Waals surface area contributed by atoms with Crippen LogP contribution in [0.25, 0.3) is 0 Å². The molecule has 0 atom stereocenters. The molecule has 2 rings (SSSR count). The van der Waals surface area contributed by atoms with E-state index in [0.717, 1.165) is 18.6 Å². The molecule has 0 aliphatic heterocycles. The summed E-state index contributed by atoms with van der Waals surface area (Å²) >= 11 is 1.43. The number of carbonyl (C=O) groups excluding carboxylic acids is 1. The molecule has 2 heterocycles. The summed E-state index contributed by atoms with van der Waals surface area (Å²) in [5, 5.41) is 5.74. The Morgan fingerprint density at radius 1 is 1.39 bits per heavy atom. The summed E-state index contributed by atoms with van der Waals surface area (Å²) in [5.74, 6) is 0.763. The number of aromatic nitrogens is 1. The first kappa shape index (κ1) is 13.0. The van der Waals surface area contributed by atoms with Gasteiger partial charge in [-0.3, -0.25) is 4.79 Å². The lowest BCUT2D eigenvalue weighted by Crippen LogP contribution is -1.97. The van der Waals surface area contributed by atoms with Gasteiger partial charge >= 0.3 is 0 Å². The van der Waals surface area contributed by atoms with Crippen LogP contribution in [0.1, 0.15) is 53.7 Å². The maximum atomic E-state index is 12.0. The average Bonchev–Trinajstić information content (AvgIpc) is 3.05. The fraction of sp³-hybridized carbons (Fsp3) is 0.429. The summed E-state index contributed by atoms with van der Waals surface area (Å²) in [7, 11) is 0. The Labute approximate surface area is 111 Å². The van der Waals surface area contributed by atoms with E-state index < -0.39 is 0 Å². The SMILES string of the molecule is CCCCCCc1cc(C(=O)c2cccs2)no1. The Bertz CT molecular complexity index is 488. The second-order valence-corrected chi connectivity index (χ2v) is 5.24. The number of aryl methyl sites for hydroxylation is 1. The van der Waals surface area contributed by atoms with Gasteiger partial charge in [0.1, 0.15) is 5.76 Å². The molecule has 4 heteroatoms. The van der Waals surface area contributed by atoms with Gasteiger partial charge in [-0.2, -0.15) is 0 Å². The van der Waals surface area contributed by atoms with Crippen LogP contribution < -0.4 is 0 Å². The molecule has 2 aromatic rings. The van der Waals surface area contributed by atoms with Crippen LogP contribution in [0.4, 0.5) is 0 Å². The monoisotopic (exact) mass is 263 g/mol. The Balaban J connectivity index is 1.92. The van der Waals surface area contributed by atoms with E-state index in [0.29, 0.717) is 10.6 Å². The van der Waals surface area contributed by atoms with Gasteiger partial charge in [-0.25, -0.2) is 0 Å². The third kappa shape index (κ3) is 3.29. The van der Waals surface area contributed by atoms with Crippen LogP contribution >= 0.6 is 11.3 Å². The summed E-state index contributed by atoms with van der Waals surface area (Å²) in [4.78, 5) is 12.7. The quantitative estimate of drug-likeness (QED) is 0.558. The number of rotatable bonds is 7. The molecule has 0 aliphatic carbocycles. The van der Waals surface area contributed by atoms with Crippen molar-refractivity contribution in [2.75, 3.05) is 0 Å². The molecule has 0 unspecified atom stereocenters. The van der Waals surface area contributed by atoms with E-state index in [1.165, 1.54) is 30.6 Å². The van der Waals surface area contributed by atoms with Gasteiger partial charge in [0.25, 0.3) is 0 Å². The number of hydrogen-bond donors (Lipinski definition) is 0. The van der Waals surface area contributed by atoms with Crippen LogP contribution in [0.3, 0.4) is 0 Å². The highest BCUT2D eigenvalue weighted by atomic mass is 32.1. The molecule has 0 saturated carbocycles. The van der Waals surface area contributed by atoms with E-state index in [9.17, 15) is 4.79 Å². The van der Waals surface area contributed by atoms with Gasteiger partial charge in [0, 0.05) is 12.5 Å². The van der Waals surface area contributed by atoms with Crippen molar-refractivity contribution in [3.8, 4) is 0 Å². The molecule has 18 heavy (non-hydrogen) atoms. The van der Waals surface area contributed by atoms with E-state index in [-0.39, 0.29) is 5.78 Å². The average molecular weight is 263 g/mol. The molecule has 0 aliphatic rings. The van der Waals surface area contributed by atoms with Crippen molar-refractivity contribution in [2.24, 2.45) is 0 Å².